The van der Waals surface area contributed by atoms with Gasteiger partial charge in [-0.3, -0.25) is 9.59 Å². The molecule has 1 saturated carbocycles. The molecule has 2 aromatic carbocycles. The van der Waals surface area contributed by atoms with E-state index in [4.69, 9.17) is 18.6 Å². The summed E-state index contributed by atoms with van der Waals surface area (Å²) in [5, 5.41) is 15.9. The Labute approximate surface area is 249 Å². The second kappa shape index (κ2) is 13.9. The van der Waals surface area contributed by atoms with Crippen LogP contribution in [0.1, 0.15) is 49.5 Å². The first kappa shape index (κ1) is 29.6. The van der Waals surface area contributed by atoms with Crippen molar-refractivity contribution in [2.45, 2.75) is 57.3 Å². The standard InChI is InChI=1S/C31H36N6O6/c1-40-24-14-11-21(12-15-24)19-36(29(26-10-7-17-43-26)31(39)32-23-8-5-4-6-9-23)28(38)20-37-34-30(33-35-37)22-13-16-25(41-2)27(18-22)42-3/h7,10-18,23,29H,4-6,8-9,19-20H2,1-3H3,(H,32,39)/t29-/m0/s1. The molecule has 0 spiro atoms. The zero-order valence-electron chi connectivity index (χ0n) is 24.6. The van der Waals surface area contributed by atoms with Crippen LogP contribution in [-0.2, 0) is 22.7 Å². The Kier molecular flexibility index (Phi) is 9.55. The van der Waals surface area contributed by atoms with Gasteiger partial charge in [0.25, 0.3) is 5.91 Å². The number of furan rings is 1. The molecule has 1 N–H and O–H groups in total. The number of carbonyl (C=O) groups excluding carboxylic acids is 2. The molecule has 0 aliphatic heterocycles. The van der Waals surface area contributed by atoms with Crippen molar-refractivity contribution in [2.24, 2.45) is 0 Å². The van der Waals surface area contributed by atoms with E-state index < -0.39 is 6.04 Å². The highest BCUT2D eigenvalue weighted by atomic mass is 16.5. The highest BCUT2D eigenvalue weighted by Crippen LogP contribution is 2.31. The average Bonchev–Trinajstić information content (AvgIpc) is 3.74. The Morgan fingerprint density at radius 2 is 1.77 bits per heavy atom. The molecule has 12 nitrogen and oxygen atoms in total. The molecule has 1 aliphatic carbocycles. The third kappa shape index (κ3) is 7.14. The minimum atomic E-state index is -1.000. The van der Waals surface area contributed by atoms with E-state index in [9.17, 15) is 9.59 Å². The molecule has 2 aromatic heterocycles. The Bertz CT molecular complexity index is 1500. The number of tetrazole rings is 1. The predicted octanol–water partition coefficient (Wildman–Crippen LogP) is 4.18. The van der Waals surface area contributed by atoms with Gasteiger partial charge in [-0.1, -0.05) is 31.4 Å². The van der Waals surface area contributed by atoms with Gasteiger partial charge in [-0.25, -0.2) is 0 Å². The highest BCUT2D eigenvalue weighted by Gasteiger charge is 2.35. The molecule has 0 bridgehead atoms. The molecule has 2 amide bonds. The zero-order chi connectivity index (χ0) is 30.2. The summed E-state index contributed by atoms with van der Waals surface area (Å²) in [6.07, 6.45) is 6.60. The van der Waals surface area contributed by atoms with Crippen molar-refractivity contribution >= 4 is 11.8 Å². The summed E-state index contributed by atoms with van der Waals surface area (Å²) in [7, 11) is 4.69. The van der Waals surface area contributed by atoms with Gasteiger partial charge in [0.05, 0.1) is 27.6 Å². The summed E-state index contributed by atoms with van der Waals surface area (Å²) in [5.74, 6) is 1.78. The van der Waals surface area contributed by atoms with Gasteiger partial charge in [-0.15, -0.1) is 10.2 Å². The van der Waals surface area contributed by atoms with Gasteiger partial charge >= 0.3 is 0 Å². The summed E-state index contributed by atoms with van der Waals surface area (Å²) >= 11 is 0. The second-order valence-corrected chi connectivity index (χ2v) is 10.3. The largest absolute Gasteiger partial charge is 0.497 e. The van der Waals surface area contributed by atoms with Gasteiger partial charge in [-0.05, 0) is 66.1 Å². The Hall–Kier alpha value is -4.87. The molecule has 0 radical (unpaired) electrons. The van der Waals surface area contributed by atoms with Gasteiger partial charge in [0.1, 0.15) is 18.1 Å². The summed E-state index contributed by atoms with van der Waals surface area (Å²) in [5.41, 5.74) is 1.46. The van der Waals surface area contributed by atoms with E-state index in [0.29, 0.717) is 34.4 Å². The Morgan fingerprint density at radius 3 is 2.44 bits per heavy atom. The number of amides is 2. The lowest BCUT2D eigenvalue weighted by Gasteiger charge is -2.32. The smallest absolute Gasteiger partial charge is 0.250 e. The van der Waals surface area contributed by atoms with E-state index in [2.05, 4.69) is 20.7 Å². The minimum absolute atomic E-state index is 0.0534. The molecule has 1 atom stereocenters. The van der Waals surface area contributed by atoms with Crippen LogP contribution in [0.3, 0.4) is 0 Å². The number of benzene rings is 2. The van der Waals surface area contributed by atoms with Crippen LogP contribution in [-0.4, -0.2) is 64.3 Å². The molecular formula is C31H36N6O6. The van der Waals surface area contributed by atoms with Crippen LogP contribution in [0.4, 0.5) is 0 Å². The molecule has 1 aliphatic rings. The van der Waals surface area contributed by atoms with E-state index in [1.54, 1.807) is 51.7 Å². The first-order valence-electron chi connectivity index (χ1n) is 14.3. The number of methoxy groups -OCH3 is 3. The lowest BCUT2D eigenvalue weighted by Crippen LogP contribution is -2.47. The molecule has 2 heterocycles. The summed E-state index contributed by atoms with van der Waals surface area (Å²) < 4.78 is 21.7. The van der Waals surface area contributed by atoms with Crippen molar-refractivity contribution in [3.05, 3.63) is 72.2 Å². The lowest BCUT2D eigenvalue weighted by atomic mass is 9.95. The van der Waals surface area contributed by atoms with Crippen molar-refractivity contribution in [3.8, 4) is 28.6 Å². The number of nitrogens with zero attached hydrogens (tertiary/aromatic N) is 5. The number of carbonyl (C=O) groups is 2. The highest BCUT2D eigenvalue weighted by molar-refractivity contribution is 5.88. The topological polar surface area (TPSA) is 134 Å². The van der Waals surface area contributed by atoms with Crippen LogP contribution in [0.15, 0.2) is 65.3 Å². The molecule has 12 heteroatoms. The molecule has 0 unspecified atom stereocenters. The van der Waals surface area contributed by atoms with Crippen molar-refractivity contribution in [3.63, 3.8) is 0 Å². The van der Waals surface area contributed by atoms with Gasteiger partial charge < -0.3 is 28.8 Å². The minimum Gasteiger partial charge on any atom is -0.497 e. The first-order valence-corrected chi connectivity index (χ1v) is 14.3. The number of nitrogens with one attached hydrogen (secondary N) is 1. The van der Waals surface area contributed by atoms with Crippen molar-refractivity contribution in [1.29, 1.82) is 0 Å². The van der Waals surface area contributed by atoms with Crippen molar-refractivity contribution < 1.29 is 28.2 Å². The van der Waals surface area contributed by atoms with Crippen molar-refractivity contribution in [1.82, 2.24) is 30.4 Å². The number of hydrogen-bond acceptors (Lipinski definition) is 9. The van der Waals surface area contributed by atoms with Crippen LogP contribution in [0, 0.1) is 0 Å². The Balaban J connectivity index is 1.43. The number of ether oxygens (including phenoxy) is 3. The van der Waals surface area contributed by atoms with Crippen LogP contribution in [0.25, 0.3) is 11.4 Å². The van der Waals surface area contributed by atoms with Crippen LogP contribution in [0.5, 0.6) is 17.2 Å². The number of rotatable bonds is 12. The SMILES string of the molecule is COc1ccc(CN(C(=O)Cn2nnc(-c3ccc(OC)c(OC)c3)n2)[C@H](C(=O)NC2CCCCC2)c2ccco2)cc1. The monoisotopic (exact) mass is 588 g/mol. The van der Waals surface area contributed by atoms with Crippen LogP contribution < -0.4 is 19.5 Å². The number of hydrogen-bond donors (Lipinski definition) is 1. The fourth-order valence-electron chi connectivity index (χ4n) is 5.26. The van der Waals surface area contributed by atoms with Gasteiger partial charge in [0.15, 0.2) is 17.5 Å². The maximum absolute atomic E-state index is 14.0. The molecule has 1 fully saturated rings. The summed E-state index contributed by atoms with van der Waals surface area (Å²) in [6, 6.07) is 15.1. The molecule has 4 aromatic rings. The molecule has 226 valence electrons. The summed E-state index contributed by atoms with van der Waals surface area (Å²) in [4.78, 5) is 30.6. The fourth-order valence-corrected chi connectivity index (χ4v) is 5.26. The molecule has 0 saturated heterocycles. The van der Waals surface area contributed by atoms with Crippen molar-refractivity contribution in [2.75, 3.05) is 21.3 Å². The van der Waals surface area contributed by atoms with E-state index in [1.807, 2.05) is 24.3 Å². The molecular weight excluding hydrogens is 552 g/mol. The third-order valence-corrected chi connectivity index (χ3v) is 7.53. The Morgan fingerprint density at radius 1 is 1.00 bits per heavy atom. The maximum Gasteiger partial charge on any atom is 0.250 e. The predicted molar refractivity (Wildman–Crippen MR) is 156 cm³/mol. The third-order valence-electron chi connectivity index (χ3n) is 7.53. The van der Waals surface area contributed by atoms with Gasteiger partial charge in [-0.2, -0.15) is 4.80 Å². The molecule has 5 rings (SSSR count). The van der Waals surface area contributed by atoms with E-state index >= 15 is 0 Å². The number of aromatic nitrogens is 4. The van der Waals surface area contributed by atoms with Gasteiger partial charge in [0, 0.05) is 18.2 Å². The normalized spacial score (nSPS) is 14.1. The van der Waals surface area contributed by atoms with E-state index in [-0.39, 0.29) is 30.9 Å². The average molecular weight is 589 g/mol. The second-order valence-electron chi connectivity index (χ2n) is 10.3. The van der Waals surface area contributed by atoms with Crippen LogP contribution in [0.2, 0.25) is 0 Å². The van der Waals surface area contributed by atoms with E-state index in [0.717, 1.165) is 37.7 Å². The van der Waals surface area contributed by atoms with Crippen LogP contribution >= 0.6 is 0 Å². The fraction of sp³-hybridized carbons (Fsp3) is 0.387. The first-order chi connectivity index (χ1) is 21.0. The van der Waals surface area contributed by atoms with Gasteiger partial charge in [0.2, 0.25) is 11.7 Å². The quantitative estimate of drug-likeness (QED) is 0.259. The zero-order valence-corrected chi connectivity index (χ0v) is 24.6. The summed E-state index contributed by atoms with van der Waals surface area (Å²) in [6.45, 7) is -0.103. The maximum atomic E-state index is 14.0. The van der Waals surface area contributed by atoms with E-state index in [1.165, 1.54) is 16.0 Å². The lowest BCUT2D eigenvalue weighted by molar-refractivity contribution is -0.143. The molecule has 43 heavy (non-hydrogen) atoms.